The molecule has 1 fully saturated rings. The molecule has 0 atom stereocenters. The summed E-state index contributed by atoms with van der Waals surface area (Å²) in [5.74, 6) is 0.775. The van der Waals surface area contributed by atoms with Crippen LogP contribution < -0.4 is 4.90 Å². The van der Waals surface area contributed by atoms with Crippen LogP contribution in [-0.2, 0) is 12.8 Å². The summed E-state index contributed by atoms with van der Waals surface area (Å²) < 4.78 is 1.98. The number of para-hydroxylation sites is 1. The van der Waals surface area contributed by atoms with Gasteiger partial charge in [-0.25, -0.2) is 14.6 Å². The van der Waals surface area contributed by atoms with Crippen LogP contribution in [0.15, 0.2) is 48.8 Å². The topological polar surface area (TPSA) is 67.2 Å². The lowest BCUT2D eigenvalue weighted by Crippen LogP contribution is -2.49. The molecule has 1 saturated heterocycles. The van der Waals surface area contributed by atoms with E-state index in [1.165, 1.54) is 5.69 Å². The van der Waals surface area contributed by atoms with Gasteiger partial charge >= 0.3 is 0 Å². The van der Waals surface area contributed by atoms with Gasteiger partial charge in [0.2, 0.25) is 5.95 Å². The number of piperazine rings is 1. The van der Waals surface area contributed by atoms with Crippen LogP contribution in [0.1, 0.15) is 34.6 Å². The van der Waals surface area contributed by atoms with Gasteiger partial charge in [-0.1, -0.05) is 18.2 Å². The summed E-state index contributed by atoms with van der Waals surface area (Å²) in [7, 11) is 0. The third-order valence-corrected chi connectivity index (χ3v) is 5.79. The van der Waals surface area contributed by atoms with Gasteiger partial charge in [-0.2, -0.15) is 5.10 Å². The van der Waals surface area contributed by atoms with Gasteiger partial charge in [0, 0.05) is 49.8 Å². The maximum Gasteiger partial charge on any atom is 0.274 e. The van der Waals surface area contributed by atoms with Crippen molar-refractivity contribution in [2.24, 2.45) is 0 Å². The zero-order valence-electron chi connectivity index (χ0n) is 16.4. The molecule has 1 aliphatic carbocycles. The molecule has 148 valence electrons. The maximum atomic E-state index is 13.4. The Balaban J connectivity index is 1.39. The molecule has 29 heavy (non-hydrogen) atoms. The number of carbonyl (C=O) groups excluding carboxylic acids is 1. The number of hydrogen-bond acceptors (Lipinski definition) is 5. The Morgan fingerprint density at radius 2 is 1.59 bits per heavy atom. The number of aromatic nitrogens is 4. The highest BCUT2D eigenvalue weighted by molar-refractivity contribution is 5.94. The summed E-state index contributed by atoms with van der Waals surface area (Å²) in [5.41, 5.74) is 3.99. The SMILES string of the molecule is O=C(c1nn(-c2ccccc2)c2c1CCCC2)N1CCN(c2ncccn2)CC1. The second kappa shape index (κ2) is 7.66. The summed E-state index contributed by atoms with van der Waals surface area (Å²) >= 11 is 0. The Kier molecular flexibility index (Phi) is 4.71. The molecule has 0 unspecified atom stereocenters. The van der Waals surface area contributed by atoms with Crippen LogP contribution in [0, 0.1) is 0 Å². The van der Waals surface area contributed by atoms with Crippen LogP contribution in [0.4, 0.5) is 5.95 Å². The molecular formula is C22H24N6O. The molecule has 0 saturated carbocycles. The van der Waals surface area contributed by atoms with E-state index in [-0.39, 0.29) is 5.91 Å². The van der Waals surface area contributed by atoms with Crippen LogP contribution in [-0.4, -0.2) is 56.7 Å². The van der Waals surface area contributed by atoms with Gasteiger partial charge in [-0.3, -0.25) is 4.79 Å². The van der Waals surface area contributed by atoms with E-state index in [1.54, 1.807) is 12.4 Å². The summed E-state index contributed by atoms with van der Waals surface area (Å²) in [6, 6.07) is 11.9. The highest BCUT2D eigenvalue weighted by atomic mass is 16.2. The standard InChI is InChI=1S/C22H24N6O/c29-21(26-13-15-27(16-14-26)22-23-11-6-12-24-22)20-18-9-4-5-10-19(18)28(25-20)17-7-2-1-3-8-17/h1-3,6-8,11-12H,4-5,9-10,13-16H2. The monoisotopic (exact) mass is 388 g/mol. The van der Waals surface area contributed by atoms with Crippen molar-refractivity contribution in [3.8, 4) is 5.69 Å². The molecule has 7 heteroatoms. The Hall–Kier alpha value is -3.22. The van der Waals surface area contributed by atoms with E-state index < -0.39 is 0 Å². The first-order valence-electron chi connectivity index (χ1n) is 10.3. The minimum Gasteiger partial charge on any atom is -0.337 e. The van der Waals surface area contributed by atoms with Crippen molar-refractivity contribution in [1.82, 2.24) is 24.6 Å². The number of amides is 1. The Bertz CT molecular complexity index is 993. The molecule has 0 spiro atoms. The van der Waals surface area contributed by atoms with Crippen LogP contribution in [0.5, 0.6) is 0 Å². The zero-order valence-corrected chi connectivity index (χ0v) is 16.4. The molecule has 1 aliphatic heterocycles. The third-order valence-electron chi connectivity index (χ3n) is 5.79. The van der Waals surface area contributed by atoms with Crippen molar-refractivity contribution in [3.05, 3.63) is 65.7 Å². The number of carbonyl (C=O) groups is 1. The fraction of sp³-hybridized carbons (Fsp3) is 0.364. The van der Waals surface area contributed by atoms with E-state index >= 15 is 0 Å². The highest BCUT2D eigenvalue weighted by Gasteiger charge is 2.30. The Morgan fingerprint density at radius 1 is 0.862 bits per heavy atom. The predicted octanol–water partition coefficient (Wildman–Crippen LogP) is 2.50. The lowest BCUT2D eigenvalue weighted by Gasteiger charge is -2.34. The smallest absolute Gasteiger partial charge is 0.274 e. The Labute approximate surface area is 170 Å². The van der Waals surface area contributed by atoms with Crippen molar-refractivity contribution < 1.29 is 4.79 Å². The average molecular weight is 388 g/mol. The van der Waals surface area contributed by atoms with E-state index in [1.807, 2.05) is 33.8 Å². The summed E-state index contributed by atoms with van der Waals surface area (Å²) in [6.07, 6.45) is 7.68. The van der Waals surface area contributed by atoms with E-state index in [0.717, 1.165) is 56.0 Å². The second-order valence-electron chi connectivity index (χ2n) is 7.56. The number of rotatable bonds is 3. The largest absolute Gasteiger partial charge is 0.337 e. The van der Waals surface area contributed by atoms with Crippen LogP contribution >= 0.6 is 0 Å². The quantitative estimate of drug-likeness (QED) is 0.690. The lowest BCUT2D eigenvalue weighted by molar-refractivity contribution is 0.0738. The fourth-order valence-corrected chi connectivity index (χ4v) is 4.27. The highest BCUT2D eigenvalue weighted by Crippen LogP contribution is 2.28. The molecular weight excluding hydrogens is 364 g/mol. The first-order chi connectivity index (χ1) is 14.3. The molecule has 0 radical (unpaired) electrons. The number of benzene rings is 1. The minimum atomic E-state index is 0.0476. The van der Waals surface area contributed by atoms with E-state index in [4.69, 9.17) is 5.10 Å². The van der Waals surface area contributed by atoms with Crippen molar-refractivity contribution in [2.45, 2.75) is 25.7 Å². The van der Waals surface area contributed by atoms with Crippen LogP contribution in [0.3, 0.4) is 0 Å². The van der Waals surface area contributed by atoms with Gasteiger partial charge in [-0.15, -0.1) is 0 Å². The first-order valence-corrected chi connectivity index (χ1v) is 10.3. The molecule has 3 aromatic rings. The summed E-state index contributed by atoms with van der Waals surface area (Å²) in [4.78, 5) is 26.1. The zero-order chi connectivity index (χ0) is 19.6. The molecule has 0 bridgehead atoms. The molecule has 2 aliphatic rings. The minimum absolute atomic E-state index is 0.0476. The normalized spacial score (nSPS) is 16.6. The van der Waals surface area contributed by atoms with Gasteiger partial charge in [0.1, 0.15) is 0 Å². The third kappa shape index (κ3) is 3.37. The van der Waals surface area contributed by atoms with Crippen LogP contribution in [0.25, 0.3) is 5.69 Å². The number of nitrogens with zero attached hydrogens (tertiary/aromatic N) is 6. The fourth-order valence-electron chi connectivity index (χ4n) is 4.27. The molecule has 5 rings (SSSR count). The molecule has 2 aromatic heterocycles. The van der Waals surface area contributed by atoms with Gasteiger partial charge in [-0.05, 0) is 43.9 Å². The van der Waals surface area contributed by atoms with Crippen molar-refractivity contribution in [3.63, 3.8) is 0 Å². The van der Waals surface area contributed by atoms with Gasteiger partial charge in [0.25, 0.3) is 5.91 Å². The molecule has 1 amide bonds. The lowest BCUT2D eigenvalue weighted by atomic mass is 9.95. The summed E-state index contributed by atoms with van der Waals surface area (Å²) in [6.45, 7) is 2.78. The second-order valence-corrected chi connectivity index (χ2v) is 7.56. The van der Waals surface area contributed by atoms with Crippen molar-refractivity contribution in [1.29, 1.82) is 0 Å². The predicted molar refractivity (Wildman–Crippen MR) is 110 cm³/mol. The maximum absolute atomic E-state index is 13.4. The van der Waals surface area contributed by atoms with E-state index in [9.17, 15) is 4.79 Å². The van der Waals surface area contributed by atoms with Crippen LogP contribution in [0.2, 0.25) is 0 Å². The van der Waals surface area contributed by atoms with E-state index in [2.05, 4.69) is 27.0 Å². The molecule has 0 N–H and O–H groups in total. The molecule has 3 heterocycles. The molecule has 1 aromatic carbocycles. The molecule has 7 nitrogen and oxygen atoms in total. The van der Waals surface area contributed by atoms with E-state index in [0.29, 0.717) is 18.8 Å². The van der Waals surface area contributed by atoms with Crippen molar-refractivity contribution >= 4 is 11.9 Å². The first kappa shape index (κ1) is 17.8. The Morgan fingerprint density at radius 3 is 2.34 bits per heavy atom. The van der Waals surface area contributed by atoms with Crippen molar-refractivity contribution in [2.75, 3.05) is 31.1 Å². The van der Waals surface area contributed by atoms with Gasteiger partial charge in [0.15, 0.2) is 5.69 Å². The number of fused-ring (bicyclic) bond motifs is 1. The number of anilines is 1. The summed E-state index contributed by atoms with van der Waals surface area (Å²) in [5, 5.41) is 4.80. The number of hydrogen-bond donors (Lipinski definition) is 0. The van der Waals surface area contributed by atoms with Gasteiger partial charge < -0.3 is 9.80 Å². The average Bonchev–Trinajstić information content (AvgIpc) is 3.20. The van der Waals surface area contributed by atoms with Gasteiger partial charge in [0.05, 0.1) is 5.69 Å².